The van der Waals surface area contributed by atoms with Gasteiger partial charge in [0.15, 0.2) is 0 Å². The minimum absolute atomic E-state index is 0.0830. The first-order chi connectivity index (χ1) is 20.8. The average Bonchev–Trinajstić information content (AvgIpc) is 3.33. The van der Waals surface area contributed by atoms with Gasteiger partial charge in [-0.1, -0.05) is 41.9 Å². The van der Waals surface area contributed by atoms with E-state index in [1.807, 2.05) is 6.07 Å². The van der Waals surface area contributed by atoms with E-state index < -0.39 is 21.8 Å². The number of benzene rings is 3. The van der Waals surface area contributed by atoms with E-state index in [0.717, 1.165) is 43.0 Å². The molecule has 12 heteroatoms. The summed E-state index contributed by atoms with van der Waals surface area (Å²) >= 11 is 6.39. The van der Waals surface area contributed by atoms with Crippen molar-refractivity contribution >= 4 is 38.6 Å². The molecule has 2 aliphatic rings. The number of aromatic nitrogens is 2. The maximum atomic E-state index is 14.4. The van der Waals surface area contributed by atoms with E-state index in [0.29, 0.717) is 35.5 Å². The van der Waals surface area contributed by atoms with Crippen molar-refractivity contribution in [3.8, 4) is 5.75 Å². The molecule has 6 rings (SSSR count). The summed E-state index contributed by atoms with van der Waals surface area (Å²) in [5.41, 5.74) is 0.119. The van der Waals surface area contributed by atoms with E-state index in [2.05, 4.69) is 10.2 Å². The number of rotatable bonds is 7. The fourth-order valence-corrected chi connectivity index (χ4v) is 7.73. The standard InChI is InChI=1S/C31H34ClN5O5S/c1-42-25-10-12-26(13-11-25)43(40,41)37-27-14-9-23(32)20-28(27)36(31(37)39)29(22-6-3-2-4-7-22)30(38)35-18-16-34(17-19-35)24-8-5-15-33-21-24/h2-4,6-7,9-14,20,24,29,33H,5,8,15-19,21H2,1H3. The summed E-state index contributed by atoms with van der Waals surface area (Å²) in [7, 11) is -2.87. The van der Waals surface area contributed by atoms with Crippen molar-refractivity contribution < 1.29 is 17.9 Å². The first kappa shape index (κ1) is 29.4. The molecule has 1 N–H and O–H groups in total. The van der Waals surface area contributed by atoms with Gasteiger partial charge in [-0.2, -0.15) is 3.97 Å². The van der Waals surface area contributed by atoms with Crippen LogP contribution in [0.5, 0.6) is 5.75 Å². The second kappa shape index (κ2) is 12.2. The highest BCUT2D eigenvalue weighted by molar-refractivity contribution is 7.90. The summed E-state index contributed by atoms with van der Waals surface area (Å²) in [5.74, 6) is 0.214. The Balaban J connectivity index is 1.44. The second-order valence-corrected chi connectivity index (χ2v) is 13.1. The Labute approximate surface area is 255 Å². The zero-order valence-corrected chi connectivity index (χ0v) is 25.4. The van der Waals surface area contributed by atoms with E-state index >= 15 is 0 Å². The van der Waals surface area contributed by atoms with Gasteiger partial charge >= 0.3 is 5.69 Å². The predicted molar refractivity (Wildman–Crippen MR) is 165 cm³/mol. The third kappa shape index (κ3) is 5.58. The number of nitrogens with one attached hydrogen (secondary N) is 1. The van der Waals surface area contributed by atoms with Gasteiger partial charge in [-0.3, -0.25) is 14.3 Å². The number of nitrogens with zero attached hydrogens (tertiary/aromatic N) is 4. The zero-order valence-electron chi connectivity index (χ0n) is 23.9. The summed E-state index contributed by atoms with van der Waals surface area (Å²) in [6.07, 6.45) is 2.26. The van der Waals surface area contributed by atoms with Crippen LogP contribution in [0.3, 0.4) is 0 Å². The molecule has 0 saturated carbocycles. The van der Waals surface area contributed by atoms with Crippen molar-refractivity contribution in [3.05, 3.63) is 93.9 Å². The van der Waals surface area contributed by atoms with Gasteiger partial charge in [-0.25, -0.2) is 13.2 Å². The lowest BCUT2D eigenvalue weighted by molar-refractivity contribution is -0.135. The molecule has 226 valence electrons. The van der Waals surface area contributed by atoms with Crippen LogP contribution >= 0.6 is 11.6 Å². The largest absolute Gasteiger partial charge is 0.497 e. The number of piperidine rings is 1. The molecule has 1 amide bonds. The van der Waals surface area contributed by atoms with Crippen LogP contribution in [-0.2, 0) is 14.8 Å². The zero-order chi connectivity index (χ0) is 30.1. The molecule has 2 aliphatic heterocycles. The molecular weight excluding hydrogens is 590 g/mol. The molecule has 1 aromatic heterocycles. The number of hydrogen-bond donors (Lipinski definition) is 1. The quantitative estimate of drug-likeness (QED) is 0.337. The van der Waals surface area contributed by atoms with Crippen molar-refractivity contribution in [2.45, 2.75) is 29.8 Å². The van der Waals surface area contributed by atoms with E-state index in [4.69, 9.17) is 16.3 Å². The van der Waals surface area contributed by atoms with Gasteiger partial charge in [0.2, 0.25) is 0 Å². The first-order valence-electron chi connectivity index (χ1n) is 14.4. The maximum absolute atomic E-state index is 14.4. The van der Waals surface area contributed by atoms with E-state index in [-0.39, 0.29) is 21.8 Å². The van der Waals surface area contributed by atoms with Gasteiger partial charge in [0.1, 0.15) is 11.8 Å². The number of piperazine rings is 1. The number of amides is 1. The normalized spacial score (nSPS) is 18.9. The lowest BCUT2D eigenvalue weighted by atomic mass is 10.0. The van der Waals surface area contributed by atoms with Crippen LogP contribution in [0.1, 0.15) is 24.4 Å². The molecule has 0 radical (unpaired) electrons. The number of carbonyl (C=O) groups is 1. The van der Waals surface area contributed by atoms with Gasteiger partial charge in [0.05, 0.1) is 23.0 Å². The van der Waals surface area contributed by atoms with Crippen LogP contribution in [-0.4, -0.2) is 85.1 Å². The Morgan fingerprint density at radius 1 is 0.977 bits per heavy atom. The van der Waals surface area contributed by atoms with Crippen LogP contribution < -0.4 is 15.7 Å². The van der Waals surface area contributed by atoms with Gasteiger partial charge in [-0.15, -0.1) is 0 Å². The third-order valence-electron chi connectivity index (χ3n) is 8.41. The molecule has 2 atom stereocenters. The Morgan fingerprint density at radius 2 is 1.70 bits per heavy atom. The maximum Gasteiger partial charge on any atom is 0.344 e. The topological polar surface area (TPSA) is 106 Å². The van der Waals surface area contributed by atoms with Crippen LogP contribution in [0.15, 0.2) is 82.5 Å². The van der Waals surface area contributed by atoms with Gasteiger partial charge < -0.3 is 15.0 Å². The fraction of sp³-hybridized carbons (Fsp3) is 0.355. The molecule has 3 aromatic carbocycles. The van der Waals surface area contributed by atoms with Crippen molar-refractivity contribution in [1.29, 1.82) is 0 Å². The number of carbonyl (C=O) groups excluding carboxylic acids is 1. The Morgan fingerprint density at radius 3 is 2.35 bits per heavy atom. The molecule has 4 aromatic rings. The van der Waals surface area contributed by atoms with Gasteiger partial charge in [0, 0.05) is 43.8 Å². The predicted octanol–water partition coefficient (Wildman–Crippen LogP) is 3.19. The van der Waals surface area contributed by atoms with Crippen LogP contribution in [0.2, 0.25) is 5.02 Å². The summed E-state index contributed by atoms with van der Waals surface area (Å²) in [5, 5.41) is 3.77. The number of hydrogen-bond acceptors (Lipinski definition) is 7. The Bertz CT molecular complexity index is 1780. The van der Waals surface area contributed by atoms with E-state index in [1.165, 1.54) is 54.1 Å². The van der Waals surface area contributed by atoms with Crippen LogP contribution in [0, 0.1) is 0 Å². The van der Waals surface area contributed by atoms with E-state index in [1.54, 1.807) is 29.2 Å². The van der Waals surface area contributed by atoms with Crippen LogP contribution in [0.25, 0.3) is 11.0 Å². The number of imidazole rings is 1. The number of fused-ring (bicyclic) bond motifs is 1. The monoisotopic (exact) mass is 623 g/mol. The smallest absolute Gasteiger partial charge is 0.344 e. The lowest BCUT2D eigenvalue weighted by Crippen LogP contribution is -2.56. The minimum atomic E-state index is -4.35. The highest BCUT2D eigenvalue weighted by atomic mass is 35.5. The molecule has 0 bridgehead atoms. The average molecular weight is 624 g/mol. The Kier molecular flexibility index (Phi) is 8.32. The molecule has 2 fully saturated rings. The fourth-order valence-electron chi connectivity index (χ4n) is 6.16. The molecular formula is C31H34ClN5O5S. The molecule has 0 spiro atoms. The van der Waals surface area contributed by atoms with Gasteiger partial charge in [0.25, 0.3) is 15.9 Å². The molecule has 10 nitrogen and oxygen atoms in total. The molecule has 2 saturated heterocycles. The van der Waals surface area contributed by atoms with Crippen molar-refractivity contribution in [2.24, 2.45) is 0 Å². The van der Waals surface area contributed by atoms with Crippen molar-refractivity contribution in [1.82, 2.24) is 23.7 Å². The SMILES string of the molecule is COc1ccc(S(=O)(=O)n2c(=O)n(C(C(=O)N3CCN(C4CCCNC4)CC3)c3ccccc3)c3cc(Cl)ccc32)cc1. The minimum Gasteiger partial charge on any atom is -0.497 e. The first-order valence-corrected chi connectivity index (χ1v) is 16.2. The molecule has 43 heavy (non-hydrogen) atoms. The molecule has 0 aliphatic carbocycles. The van der Waals surface area contributed by atoms with Crippen LogP contribution in [0.4, 0.5) is 0 Å². The Hall–Kier alpha value is -3.64. The van der Waals surface area contributed by atoms with Crippen molar-refractivity contribution in [3.63, 3.8) is 0 Å². The van der Waals surface area contributed by atoms with Gasteiger partial charge in [-0.05, 0) is 67.4 Å². The summed E-state index contributed by atoms with van der Waals surface area (Å²) in [6.45, 7) is 4.46. The van der Waals surface area contributed by atoms with Crippen molar-refractivity contribution in [2.75, 3.05) is 46.4 Å². The van der Waals surface area contributed by atoms with E-state index in [9.17, 15) is 18.0 Å². The number of methoxy groups -OCH3 is 1. The highest BCUT2D eigenvalue weighted by Crippen LogP contribution is 2.30. The molecule has 2 unspecified atom stereocenters. The lowest BCUT2D eigenvalue weighted by Gasteiger charge is -2.41. The molecule has 3 heterocycles. The summed E-state index contributed by atoms with van der Waals surface area (Å²) in [4.78, 5) is 32.8. The number of ether oxygens (including phenoxy) is 1. The third-order valence-corrected chi connectivity index (χ3v) is 10.4. The summed E-state index contributed by atoms with van der Waals surface area (Å²) in [6, 6.07) is 18.7. The second-order valence-electron chi connectivity index (χ2n) is 10.9. The highest BCUT2D eigenvalue weighted by Gasteiger charge is 2.36. The number of halogens is 1. The summed E-state index contributed by atoms with van der Waals surface area (Å²) < 4.78 is 35.1.